The van der Waals surface area contributed by atoms with E-state index in [1.807, 2.05) is 70.5 Å². The van der Waals surface area contributed by atoms with Gasteiger partial charge in [0.15, 0.2) is 31.1 Å². The van der Waals surface area contributed by atoms with Gasteiger partial charge in [-0.25, -0.2) is 0 Å². The van der Waals surface area contributed by atoms with Crippen LogP contribution in [-0.4, -0.2) is 8.07 Å². The molecular formula is C115H78N2O2S4Si. The first-order valence-electron chi connectivity index (χ1n) is 42.7. The number of rotatable bonds is 10. The van der Waals surface area contributed by atoms with Crippen LogP contribution in [0, 0.1) is 0 Å². The van der Waals surface area contributed by atoms with E-state index < -0.39 is 13.5 Å². The van der Waals surface area contributed by atoms with E-state index in [0.717, 1.165) is 39.9 Å². The van der Waals surface area contributed by atoms with Crippen molar-refractivity contribution in [2.45, 2.75) is 63.5 Å². The zero-order valence-corrected chi connectivity index (χ0v) is 72.7. The third-order valence-corrected chi connectivity index (χ3v) is 37.1. The SMILES string of the molecule is CC1(C)c2ccccc2-c2c(N(c3ccc([Si]4(c5ccccc5)c5ccccc5-c5c4ccc4c5Oc5ccccc5O4)cc3)c3cccc4c3C(C)(C)c3ccccc3-4)cccc21.c1ccc(N(c2cccc3c2sc2ccccc23)c2cccc3sc4c(C5(c6ccccc6)c6ccccc6-c6c5ccc5c6Sc6ccccc6S5)cccc4c23)cc1. The molecule has 0 saturated carbocycles. The zero-order valence-electron chi connectivity index (χ0n) is 68.4. The van der Waals surface area contributed by atoms with Gasteiger partial charge < -0.3 is 19.3 Å². The Balaban J connectivity index is 0.000000136. The van der Waals surface area contributed by atoms with Crippen molar-refractivity contribution in [3.8, 4) is 67.5 Å². The smallest absolute Gasteiger partial charge is 0.181 e. The van der Waals surface area contributed by atoms with Crippen LogP contribution in [0.4, 0.5) is 34.1 Å². The van der Waals surface area contributed by atoms with Crippen molar-refractivity contribution in [1.29, 1.82) is 0 Å². The maximum atomic E-state index is 6.83. The molecule has 2 unspecified atom stereocenters. The highest BCUT2D eigenvalue weighted by Crippen LogP contribution is 2.65. The average Bonchev–Trinajstić information content (AvgIpc) is 1.53. The molecular weight excluding hydrogens is 1600 g/mol. The summed E-state index contributed by atoms with van der Waals surface area (Å²) in [6.07, 6.45) is 0. The summed E-state index contributed by atoms with van der Waals surface area (Å²) >= 11 is 7.65. The fourth-order valence-corrected chi connectivity index (χ4v) is 32.1. The number of hydrogen-bond acceptors (Lipinski definition) is 8. The van der Waals surface area contributed by atoms with Gasteiger partial charge in [-0.05, 0) is 190 Å². The van der Waals surface area contributed by atoms with Gasteiger partial charge in [0, 0.05) is 94.1 Å². The Morgan fingerprint density at radius 3 is 1.61 bits per heavy atom. The van der Waals surface area contributed by atoms with Crippen molar-refractivity contribution in [1.82, 2.24) is 0 Å². The highest BCUT2D eigenvalue weighted by Gasteiger charge is 2.53. The van der Waals surface area contributed by atoms with Crippen LogP contribution in [0.1, 0.15) is 72.2 Å². The maximum absolute atomic E-state index is 6.83. The average molecular weight is 1680 g/mol. The monoisotopic (exact) mass is 1670 g/mol. The van der Waals surface area contributed by atoms with E-state index in [4.69, 9.17) is 9.47 Å². The number of thiophene rings is 2. The fraction of sp³-hybridized carbons (Fsp3) is 0.0609. The Kier molecular flexibility index (Phi) is 16.6. The molecule has 5 heterocycles. The number of nitrogens with zero attached hydrogens (tertiary/aromatic N) is 2. The van der Waals surface area contributed by atoms with Crippen LogP contribution in [0.25, 0.3) is 84.9 Å². The van der Waals surface area contributed by atoms with Gasteiger partial charge >= 0.3 is 0 Å². The molecule has 4 nitrogen and oxygen atoms in total. The summed E-state index contributed by atoms with van der Waals surface area (Å²) in [5, 5.41) is 10.5. The third kappa shape index (κ3) is 10.5. The molecule has 0 radical (unpaired) electrons. The minimum absolute atomic E-state index is 0.140. The second-order valence-corrected chi connectivity index (χ2v) is 42.2. The van der Waals surface area contributed by atoms with Crippen LogP contribution in [0.2, 0.25) is 0 Å². The minimum atomic E-state index is -2.91. The van der Waals surface area contributed by atoms with Gasteiger partial charge in [0.25, 0.3) is 0 Å². The van der Waals surface area contributed by atoms with Gasteiger partial charge in [-0.1, -0.05) is 355 Å². The van der Waals surface area contributed by atoms with Gasteiger partial charge in [-0.15, -0.1) is 22.7 Å². The van der Waals surface area contributed by atoms with E-state index in [1.54, 1.807) is 0 Å². The van der Waals surface area contributed by atoms with Gasteiger partial charge in [-0.2, -0.15) is 0 Å². The number of benzene rings is 18. The van der Waals surface area contributed by atoms with E-state index in [9.17, 15) is 0 Å². The van der Waals surface area contributed by atoms with E-state index in [2.05, 4.69) is 414 Å². The Morgan fingerprint density at radius 2 is 0.815 bits per heavy atom. The van der Waals surface area contributed by atoms with Crippen LogP contribution in [-0.2, 0) is 16.2 Å². The summed E-state index contributed by atoms with van der Waals surface area (Å²) in [7, 11) is -2.91. The van der Waals surface area contributed by atoms with Gasteiger partial charge in [-0.3, -0.25) is 0 Å². The number of ether oxygens (including phenoxy) is 2. The second-order valence-electron chi connectivity index (χ2n) is 34.2. The molecule has 0 N–H and O–H groups in total. The molecule has 588 valence electrons. The van der Waals surface area contributed by atoms with Crippen LogP contribution >= 0.6 is 46.2 Å². The van der Waals surface area contributed by atoms with Crippen molar-refractivity contribution >= 4 is 149 Å². The molecule has 124 heavy (non-hydrogen) atoms. The standard InChI is InChI=1S/C60H45NO2Si.C55H33NS4/c1-59(2)46-25-12-9-21-43(46)55-47(59)26-17-27-48(55)61(49-28-16-23-42-41-20-8-11-24-45(41)60(3,4)57(42)49)38-32-34-40(35-33-38)64(39-18-6-5-7-19-39)53-31-15-10-22-44(53)56-54(64)37-36-52-58(56)63-51-30-14-13-29-50(51)62-52;1-3-16-34(17-4-1)55(40-24-9-7-21-38(40)50-41(55)32-33-49-54(50)59-47-30-12-11-29-46(47)57-49)42-25-13-23-39-51-43(26-15-31-48(51)60-52(39)42)56(35-18-5-2-6-19-35)44-27-14-22-37-36-20-8-10-28-45(36)58-53(37)44/h5-37H,1-4H3;1-33H. The van der Waals surface area contributed by atoms with E-state index >= 15 is 0 Å². The largest absolute Gasteiger partial charge is 0.449 e. The predicted octanol–water partition coefficient (Wildman–Crippen LogP) is 29.9. The first-order valence-corrected chi connectivity index (χ1v) is 47.9. The van der Waals surface area contributed by atoms with Crippen LogP contribution in [0.5, 0.6) is 23.0 Å². The van der Waals surface area contributed by atoms with Crippen molar-refractivity contribution in [2.24, 2.45) is 0 Å². The van der Waals surface area contributed by atoms with Crippen molar-refractivity contribution in [3.63, 3.8) is 0 Å². The lowest BCUT2D eigenvalue weighted by molar-refractivity contribution is 0.361. The maximum Gasteiger partial charge on any atom is 0.181 e. The summed E-state index contributed by atoms with van der Waals surface area (Å²) in [5.41, 5.74) is 27.2. The molecule has 0 fully saturated rings. The molecule has 3 aliphatic heterocycles. The first kappa shape index (κ1) is 73.3. The Bertz CT molecular complexity index is 7850. The topological polar surface area (TPSA) is 24.9 Å². The second kappa shape index (κ2) is 28.0. The summed E-state index contributed by atoms with van der Waals surface area (Å²) in [6.45, 7) is 9.54. The lowest BCUT2D eigenvalue weighted by atomic mass is 9.67. The van der Waals surface area contributed by atoms with Gasteiger partial charge in [0.1, 0.15) is 0 Å². The molecule has 3 aliphatic carbocycles. The zero-order chi connectivity index (χ0) is 82.3. The van der Waals surface area contributed by atoms with E-state index in [0.29, 0.717) is 0 Å². The Labute approximate surface area is 738 Å². The molecule has 6 aliphatic rings. The normalized spacial score (nSPS) is 16.2. The number of para-hydroxylation sites is 3. The van der Waals surface area contributed by atoms with Gasteiger partial charge in [0.05, 0.1) is 32.9 Å². The lowest BCUT2D eigenvalue weighted by Gasteiger charge is -2.35. The van der Waals surface area contributed by atoms with Gasteiger partial charge in [0.2, 0.25) is 0 Å². The fourth-order valence-electron chi connectivity index (χ4n) is 22.0. The molecule has 0 amide bonds. The first-order chi connectivity index (χ1) is 61.0. The van der Waals surface area contributed by atoms with Crippen LogP contribution < -0.4 is 40.0 Å². The highest BCUT2D eigenvalue weighted by atomic mass is 32.2. The summed E-state index contributed by atoms with van der Waals surface area (Å²) in [6, 6.07) is 149. The van der Waals surface area contributed by atoms with E-state index in [1.165, 1.54) is 187 Å². The summed E-state index contributed by atoms with van der Waals surface area (Å²) in [4.78, 5) is 10.4. The molecule has 0 bridgehead atoms. The Hall–Kier alpha value is -13.5. The molecule has 9 heteroatoms. The summed E-state index contributed by atoms with van der Waals surface area (Å²) < 4.78 is 18.6. The molecule has 2 atom stereocenters. The number of anilines is 6. The minimum Gasteiger partial charge on any atom is -0.449 e. The highest BCUT2D eigenvalue weighted by molar-refractivity contribution is 8.05. The molecule has 18 aromatic carbocycles. The van der Waals surface area contributed by atoms with Crippen molar-refractivity contribution < 1.29 is 9.47 Å². The van der Waals surface area contributed by atoms with Crippen LogP contribution in [0.15, 0.2) is 420 Å². The molecule has 2 aromatic heterocycles. The molecule has 26 rings (SSSR count). The lowest BCUT2D eigenvalue weighted by Crippen LogP contribution is -2.72. The summed E-state index contributed by atoms with van der Waals surface area (Å²) in [5.74, 6) is 3.01. The van der Waals surface area contributed by atoms with Crippen LogP contribution in [0.3, 0.4) is 0 Å². The molecule has 0 spiro atoms. The quantitative estimate of drug-likeness (QED) is 0.127. The molecule has 0 saturated heterocycles. The molecule has 20 aromatic rings. The van der Waals surface area contributed by atoms with Crippen molar-refractivity contribution in [3.05, 3.63) is 445 Å². The third-order valence-electron chi connectivity index (χ3n) is 27.2. The number of fused-ring (bicyclic) bond motifs is 24. The number of hydrogen-bond donors (Lipinski definition) is 0. The van der Waals surface area contributed by atoms with E-state index in [-0.39, 0.29) is 10.8 Å². The Morgan fingerprint density at radius 1 is 0.282 bits per heavy atom. The predicted molar refractivity (Wildman–Crippen MR) is 524 cm³/mol. The van der Waals surface area contributed by atoms with Crippen molar-refractivity contribution in [2.75, 3.05) is 9.80 Å².